The SMILES string of the molecule is CCNC(=NCc1ccc(Cl)cc1Cl)NCC1CCCC1O. The quantitative estimate of drug-likeness (QED) is 0.568. The first-order valence-electron chi connectivity index (χ1n) is 7.74. The predicted octanol–water partition coefficient (Wildman–Crippen LogP) is 3.21. The molecule has 1 aromatic rings. The summed E-state index contributed by atoms with van der Waals surface area (Å²) in [4.78, 5) is 4.55. The number of hydrogen-bond donors (Lipinski definition) is 3. The highest BCUT2D eigenvalue weighted by Crippen LogP contribution is 2.24. The van der Waals surface area contributed by atoms with E-state index in [1.807, 2.05) is 19.1 Å². The van der Waals surface area contributed by atoms with Crippen molar-refractivity contribution in [3.63, 3.8) is 0 Å². The summed E-state index contributed by atoms with van der Waals surface area (Å²) in [5, 5.41) is 17.6. The summed E-state index contributed by atoms with van der Waals surface area (Å²) < 4.78 is 0. The van der Waals surface area contributed by atoms with Gasteiger partial charge in [-0.2, -0.15) is 0 Å². The van der Waals surface area contributed by atoms with Crippen molar-refractivity contribution in [1.29, 1.82) is 0 Å². The van der Waals surface area contributed by atoms with Gasteiger partial charge in [0.05, 0.1) is 12.6 Å². The van der Waals surface area contributed by atoms with Crippen LogP contribution in [-0.4, -0.2) is 30.3 Å². The molecule has 0 spiro atoms. The van der Waals surface area contributed by atoms with Crippen LogP contribution in [0.4, 0.5) is 0 Å². The van der Waals surface area contributed by atoms with Crippen molar-refractivity contribution in [1.82, 2.24) is 10.6 Å². The molecule has 1 saturated carbocycles. The number of rotatable bonds is 5. The number of nitrogens with one attached hydrogen (secondary N) is 2. The fourth-order valence-electron chi connectivity index (χ4n) is 2.64. The zero-order chi connectivity index (χ0) is 15.9. The van der Waals surface area contributed by atoms with Crippen LogP contribution in [0.3, 0.4) is 0 Å². The molecule has 22 heavy (non-hydrogen) atoms. The molecule has 2 atom stereocenters. The summed E-state index contributed by atoms with van der Waals surface area (Å²) >= 11 is 12.1. The van der Waals surface area contributed by atoms with Gasteiger partial charge < -0.3 is 15.7 Å². The Balaban J connectivity index is 1.94. The van der Waals surface area contributed by atoms with Gasteiger partial charge in [0.1, 0.15) is 0 Å². The minimum atomic E-state index is -0.193. The number of aliphatic hydroxyl groups excluding tert-OH is 1. The molecule has 1 aromatic carbocycles. The summed E-state index contributed by atoms with van der Waals surface area (Å²) in [6.45, 7) is 4.03. The third-order valence-corrected chi connectivity index (χ3v) is 4.50. The monoisotopic (exact) mass is 343 g/mol. The average molecular weight is 344 g/mol. The Morgan fingerprint density at radius 2 is 2.14 bits per heavy atom. The molecule has 0 amide bonds. The predicted molar refractivity (Wildman–Crippen MR) is 92.6 cm³/mol. The molecule has 1 aliphatic carbocycles. The summed E-state index contributed by atoms with van der Waals surface area (Å²) in [6.07, 6.45) is 2.87. The molecule has 0 heterocycles. The first-order valence-corrected chi connectivity index (χ1v) is 8.50. The Morgan fingerprint density at radius 3 is 2.77 bits per heavy atom. The maximum absolute atomic E-state index is 9.87. The molecular formula is C16H23Cl2N3O. The van der Waals surface area contributed by atoms with Crippen LogP contribution >= 0.6 is 23.2 Å². The number of halogens is 2. The molecule has 0 saturated heterocycles. The molecule has 2 unspecified atom stereocenters. The number of benzene rings is 1. The van der Waals surface area contributed by atoms with Crippen LogP contribution < -0.4 is 10.6 Å². The smallest absolute Gasteiger partial charge is 0.191 e. The Hall–Kier alpha value is -0.970. The summed E-state index contributed by atoms with van der Waals surface area (Å²) in [6, 6.07) is 5.43. The summed E-state index contributed by atoms with van der Waals surface area (Å²) in [5.74, 6) is 1.05. The molecular weight excluding hydrogens is 321 g/mol. The number of aliphatic imine (C=N–C) groups is 1. The van der Waals surface area contributed by atoms with Crippen molar-refractivity contribution in [2.24, 2.45) is 10.9 Å². The third kappa shape index (κ3) is 5.04. The van der Waals surface area contributed by atoms with Crippen LogP contribution in [0.25, 0.3) is 0 Å². The van der Waals surface area contributed by atoms with Crippen molar-refractivity contribution in [3.8, 4) is 0 Å². The topological polar surface area (TPSA) is 56.7 Å². The Kier molecular flexibility index (Phi) is 6.80. The van der Waals surface area contributed by atoms with E-state index in [1.165, 1.54) is 0 Å². The van der Waals surface area contributed by atoms with Gasteiger partial charge in [0.2, 0.25) is 0 Å². The van der Waals surface area contributed by atoms with Crippen LogP contribution in [-0.2, 0) is 6.54 Å². The summed E-state index contributed by atoms with van der Waals surface area (Å²) in [5.41, 5.74) is 0.934. The highest BCUT2D eigenvalue weighted by Gasteiger charge is 2.24. The van der Waals surface area contributed by atoms with Crippen molar-refractivity contribution in [3.05, 3.63) is 33.8 Å². The molecule has 4 nitrogen and oxygen atoms in total. The minimum absolute atomic E-state index is 0.193. The molecule has 3 N–H and O–H groups in total. The lowest BCUT2D eigenvalue weighted by molar-refractivity contribution is 0.134. The largest absolute Gasteiger partial charge is 0.393 e. The van der Waals surface area contributed by atoms with Crippen LogP contribution in [0.2, 0.25) is 10.0 Å². The van der Waals surface area contributed by atoms with E-state index in [-0.39, 0.29) is 6.10 Å². The van der Waals surface area contributed by atoms with Crippen molar-refractivity contribution in [2.75, 3.05) is 13.1 Å². The van der Waals surface area contributed by atoms with E-state index in [0.717, 1.165) is 43.9 Å². The normalized spacial score (nSPS) is 21.9. The molecule has 1 fully saturated rings. The number of guanidine groups is 1. The van der Waals surface area contributed by atoms with Crippen LogP contribution in [0.5, 0.6) is 0 Å². The second-order valence-corrected chi connectivity index (χ2v) is 6.41. The molecule has 0 aromatic heterocycles. The fraction of sp³-hybridized carbons (Fsp3) is 0.562. The lowest BCUT2D eigenvalue weighted by Crippen LogP contribution is -2.41. The van der Waals surface area contributed by atoms with Gasteiger partial charge in [-0.05, 0) is 37.5 Å². The molecule has 1 aliphatic rings. The van der Waals surface area contributed by atoms with Gasteiger partial charge in [-0.3, -0.25) is 0 Å². The molecule has 0 bridgehead atoms. The van der Waals surface area contributed by atoms with E-state index >= 15 is 0 Å². The lowest BCUT2D eigenvalue weighted by Gasteiger charge is -2.17. The first-order chi connectivity index (χ1) is 10.6. The molecule has 122 valence electrons. The zero-order valence-electron chi connectivity index (χ0n) is 12.8. The number of nitrogens with zero attached hydrogens (tertiary/aromatic N) is 1. The van der Waals surface area contributed by atoms with Crippen molar-refractivity contribution in [2.45, 2.75) is 38.8 Å². The molecule has 2 rings (SSSR count). The number of aliphatic hydroxyl groups is 1. The first kappa shape index (κ1) is 17.4. The van der Waals surface area contributed by atoms with E-state index < -0.39 is 0 Å². The zero-order valence-corrected chi connectivity index (χ0v) is 14.3. The maximum atomic E-state index is 9.87. The van der Waals surface area contributed by atoms with Crippen LogP contribution in [0.15, 0.2) is 23.2 Å². The van der Waals surface area contributed by atoms with Crippen molar-refractivity contribution < 1.29 is 5.11 Å². The Labute approximate surface area is 141 Å². The van der Waals surface area contributed by atoms with E-state index in [1.54, 1.807) is 6.07 Å². The maximum Gasteiger partial charge on any atom is 0.191 e. The van der Waals surface area contributed by atoms with Gasteiger partial charge in [-0.15, -0.1) is 0 Å². The highest BCUT2D eigenvalue weighted by molar-refractivity contribution is 6.35. The summed E-state index contributed by atoms with van der Waals surface area (Å²) in [7, 11) is 0. The van der Waals surface area contributed by atoms with Gasteiger partial charge >= 0.3 is 0 Å². The average Bonchev–Trinajstić information content (AvgIpc) is 2.89. The van der Waals surface area contributed by atoms with Gasteiger partial charge in [-0.25, -0.2) is 4.99 Å². The third-order valence-electron chi connectivity index (χ3n) is 3.92. The molecule has 6 heteroatoms. The van der Waals surface area contributed by atoms with E-state index in [4.69, 9.17) is 23.2 Å². The lowest BCUT2D eigenvalue weighted by atomic mass is 10.1. The second-order valence-electron chi connectivity index (χ2n) is 5.57. The highest BCUT2D eigenvalue weighted by atomic mass is 35.5. The minimum Gasteiger partial charge on any atom is -0.393 e. The van der Waals surface area contributed by atoms with Gasteiger partial charge in [0.15, 0.2) is 5.96 Å². The van der Waals surface area contributed by atoms with Crippen molar-refractivity contribution >= 4 is 29.2 Å². The fourth-order valence-corrected chi connectivity index (χ4v) is 3.11. The van der Waals surface area contributed by atoms with Crippen LogP contribution in [0.1, 0.15) is 31.7 Å². The Bertz CT molecular complexity index is 522. The van der Waals surface area contributed by atoms with Gasteiger partial charge in [-0.1, -0.05) is 35.7 Å². The van der Waals surface area contributed by atoms with E-state index in [0.29, 0.717) is 22.5 Å². The standard InChI is InChI=1S/C16H23Cl2N3O/c1-2-19-16(21-10-12-4-3-5-15(12)22)20-9-11-6-7-13(17)8-14(11)18/h6-8,12,15,22H,2-5,9-10H2,1H3,(H2,19,20,21). The number of hydrogen-bond acceptors (Lipinski definition) is 2. The second kappa shape index (κ2) is 8.61. The molecule has 0 radical (unpaired) electrons. The Morgan fingerprint density at radius 1 is 1.32 bits per heavy atom. The van der Waals surface area contributed by atoms with E-state index in [2.05, 4.69) is 15.6 Å². The molecule has 0 aliphatic heterocycles. The van der Waals surface area contributed by atoms with Gasteiger partial charge in [0, 0.05) is 29.1 Å². The van der Waals surface area contributed by atoms with Crippen LogP contribution in [0, 0.1) is 5.92 Å². The van der Waals surface area contributed by atoms with Gasteiger partial charge in [0.25, 0.3) is 0 Å². The van der Waals surface area contributed by atoms with E-state index in [9.17, 15) is 5.11 Å².